The van der Waals surface area contributed by atoms with Crippen molar-refractivity contribution in [3.05, 3.63) is 0 Å². The SMILES string of the molecule is CCCCCCCCCCCCCCCCCC(=O)N1CCC(CCCC2CCN(C(=O)CCCCCCCCCCCCCCCCC)CC2)CC1. The molecule has 4 heteroatoms. The number of amides is 2. The number of hydrogen-bond donors (Lipinski definition) is 0. The van der Waals surface area contributed by atoms with E-state index in [1.165, 1.54) is 225 Å². The molecule has 0 spiro atoms. The van der Waals surface area contributed by atoms with E-state index in [2.05, 4.69) is 23.6 Å². The van der Waals surface area contributed by atoms with E-state index in [1.54, 1.807) is 0 Å². The Labute approximate surface area is 332 Å². The van der Waals surface area contributed by atoms with Gasteiger partial charge in [-0.3, -0.25) is 9.59 Å². The van der Waals surface area contributed by atoms with E-state index >= 15 is 0 Å². The first-order valence-electron chi connectivity index (χ1n) is 24.7. The average Bonchev–Trinajstić information content (AvgIpc) is 3.18. The number of nitrogens with zero attached hydrogens (tertiary/aromatic N) is 2. The van der Waals surface area contributed by atoms with Crippen molar-refractivity contribution in [1.29, 1.82) is 0 Å². The molecule has 2 amide bonds. The Morgan fingerprint density at radius 2 is 0.566 bits per heavy atom. The normalized spacial score (nSPS) is 15.8. The molecule has 0 radical (unpaired) electrons. The Morgan fingerprint density at radius 1 is 0.340 bits per heavy atom. The number of unbranched alkanes of at least 4 members (excludes halogenated alkanes) is 28. The molecule has 0 atom stereocenters. The van der Waals surface area contributed by atoms with Gasteiger partial charge >= 0.3 is 0 Å². The van der Waals surface area contributed by atoms with Crippen LogP contribution in [0.3, 0.4) is 0 Å². The molecule has 2 rings (SSSR count). The highest BCUT2D eigenvalue weighted by Gasteiger charge is 2.25. The highest BCUT2D eigenvalue weighted by molar-refractivity contribution is 5.76. The van der Waals surface area contributed by atoms with Gasteiger partial charge in [-0.05, 0) is 50.4 Å². The van der Waals surface area contributed by atoms with Crippen molar-refractivity contribution >= 4 is 11.8 Å². The molecule has 2 saturated heterocycles. The summed E-state index contributed by atoms with van der Waals surface area (Å²) in [4.78, 5) is 30.0. The minimum absolute atomic E-state index is 0.416. The lowest BCUT2D eigenvalue weighted by Gasteiger charge is -2.34. The van der Waals surface area contributed by atoms with E-state index in [-0.39, 0.29) is 0 Å². The Balaban J connectivity index is 1.33. The summed E-state index contributed by atoms with van der Waals surface area (Å²) in [5.41, 5.74) is 0. The molecule has 4 nitrogen and oxygen atoms in total. The Hall–Kier alpha value is -1.06. The largest absolute Gasteiger partial charge is 0.343 e. The lowest BCUT2D eigenvalue weighted by Crippen LogP contribution is -2.38. The average molecular weight is 743 g/mol. The van der Waals surface area contributed by atoms with Crippen molar-refractivity contribution in [3.8, 4) is 0 Å². The van der Waals surface area contributed by atoms with Gasteiger partial charge in [-0.2, -0.15) is 0 Å². The monoisotopic (exact) mass is 743 g/mol. The molecule has 312 valence electrons. The number of carbonyl (C=O) groups is 2. The topological polar surface area (TPSA) is 40.6 Å². The molecular weight excluding hydrogens is 649 g/mol. The molecule has 53 heavy (non-hydrogen) atoms. The van der Waals surface area contributed by atoms with Crippen LogP contribution in [0.1, 0.15) is 264 Å². The number of likely N-dealkylation sites (tertiary alicyclic amines) is 2. The first-order chi connectivity index (χ1) is 26.1. The maximum Gasteiger partial charge on any atom is 0.222 e. The summed E-state index contributed by atoms with van der Waals surface area (Å²) in [5.74, 6) is 2.45. The van der Waals surface area contributed by atoms with Crippen LogP contribution in [-0.4, -0.2) is 47.8 Å². The molecule has 2 fully saturated rings. The van der Waals surface area contributed by atoms with Crippen LogP contribution in [0.25, 0.3) is 0 Å². The third kappa shape index (κ3) is 27.2. The maximum atomic E-state index is 12.8. The second kappa shape index (κ2) is 35.4. The molecule has 0 N–H and O–H groups in total. The highest BCUT2D eigenvalue weighted by atomic mass is 16.2. The molecule has 0 saturated carbocycles. The van der Waals surface area contributed by atoms with Crippen molar-refractivity contribution in [2.75, 3.05) is 26.2 Å². The molecule has 2 heterocycles. The molecule has 0 aromatic rings. The van der Waals surface area contributed by atoms with Crippen LogP contribution in [0.15, 0.2) is 0 Å². The van der Waals surface area contributed by atoms with Crippen LogP contribution < -0.4 is 0 Å². The fraction of sp³-hybridized carbons (Fsp3) is 0.959. The van der Waals surface area contributed by atoms with Gasteiger partial charge in [0, 0.05) is 39.0 Å². The standard InChI is InChI=1S/C49H94N2O2/c1-3-5-7-9-11-13-15-17-19-21-23-25-27-29-31-36-48(52)50-42-38-46(39-43-50)34-33-35-47-40-44-51(45-41-47)49(53)37-32-30-28-26-24-22-20-18-16-14-12-10-8-6-4-2/h46-47H,3-45H2,1-2H3. The predicted molar refractivity (Wildman–Crippen MR) is 232 cm³/mol. The third-order valence-corrected chi connectivity index (χ3v) is 13.1. The first kappa shape index (κ1) is 48.1. The molecule has 0 aromatic heterocycles. The van der Waals surface area contributed by atoms with E-state index in [0.717, 1.165) is 63.7 Å². The summed E-state index contributed by atoms with van der Waals surface area (Å²) in [6.45, 7) is 8.54. The van der Waals surface area contributed by atoms with Crippen LogP contribution in [0.4, 0.5) is 0 Å². The zero-order valence-electron chi connectivity index (χ0n) is 36.3. The predicted octanol–water partition coefficient (Wildman–Crippen LogP) is 15.2. The Morgan fingerprint density at radius 3 is 0.811 bits per heavy atom. The van der Waals surface area contributed by atoms with Gasteiger partial charge in [0.1, 0.15) is 0 Å². The molecule has 0 aromatic carbocycles. The fourth-order valence-electron chi connectivity index (χ4n) is 9.25. The zero-order chi connectivity index (χ0) is 37.9. The maximum absolute atomic E-state index is 12.8. The highest BCUT2D eigenvalue weighted by Crippen LogP contribution is 2.28. The molecule has 2 aliphatic rings. The van der Waals surface area contributed by atoms with Crippen LogP contribution in [0.2, 0.25) is 0 Å². The molecule has 0 bridgehead atoms. The Kier molecular flexibility index (Phi) is 32.1. The van der Waals surface area contributed by atoms with Gasteiger partial charge in [-0.25, -0.2) is 0 Å². The lowest BCUT2D eigenvalue weighted by molar-refractivity contribution is -0.133. The smallest absolute Gasteiger partial charge is 0.222 e. The van der Waals surface area contributed by atoms with Gasteiger partial charge in [-0.15, -0.1) is 0 Å². The van der Waals surface area contributed by atoms with Gasteiger partial charge in [0.05, 0.1) is 0 Å². The van der Waals surface area contributed by atoms with Crippen LogP contribution >= 0.6 is 0 Å². The summed E-state index contributed by atoms with van der Waals surface area (Å²) >= 11 is 0. The van der Waals surface area contributed by atoms with Gasteiger partial charge in [-0.1, -0.05) is 213 Å². The quantitative estimate of drug-likeness (QED) is 0.0600. The van der Waals surface area contributed by atoms with Crippen molar-refractivity contribution in [2.45, 2.75) is 264 Å². The number of piperidine rings is 2. The number of rotatable bonds is 36. The van der Waals surface area contributed by atoms with Crippen molar-refractivity contribution in [1.82, 2.24) is 9.80 Å². The van der Waals surface area contributed by atoms with Gasteiger partial charge in [0.15, 0.2) is 0 Å². The zero-order valence-corrected chi connectivity index (χ0v) is 36.3. The van der Waals surface area contributed by atoms with E-state index < -0.39 is 0 Å². The second-order valence-corrected chi connectivity index (χ2v) is 18.0. The van der Waals surface area contributed by atoms with E-state index in [4.69, 9.17) is 0 Å². The van der Waals surface area contributed by atoms with Gasteiger partial charge < -0.3 is 9.80 Å². The number of carbonyl (C=O) groups excluding carboxylic acids is 2. The molecule has 0 aliphatic carbocycles. The Bertz CT molecular complexity index is 747. The summed E-state index contributed by atoms with van der Waals surface area (Å²) in [7, 11) is 0. The second-order valence-electron chi connectivity index (χ2n) is 18.0. The minimum Gasteiger partial charge on any atom is -0.343 e. The van der Waals surface area contributed by atoms with Crippen LogP contribution in [0.5, 0.6) is 0 Å². The summed E-state index contributed by atoms with van der Waals surface area (Å²) < 4.78 is 0. The van der Waals surface area contributed by atoms with Crippen LogP contribution in [-0.2, 0) is 9.59 Å². The van der Waals surface area contributed by atoms with Crippen molar-refractivity contribution in [3.63, 3.8) is 0 Å². The molecule has 2 aliphatic heterocycles. The van der Waals surface area contributed by atoms with Crippen molar-refractivity contribution in [2.24, 2.45) is 11.8 Å². The molecule has 0 unspecified atom stereocenters. The van der Waals surface area contributed by atoms with Gasteiger partial charge in [0.25, 0.3) is 0 Å². The minimum atomic E-state index is 0.416. The number of hydrogen-bond acceptors (Lipinski definition) is 2. The first-order valence-corrected chi connectivity index (χ1v) is 24.7. The fourth-order valence-corrected chi connectivity index (χ4v) is 9.25. The third-order valence-electron chi connectivity index (χ3n) is 13.1. The van der Waals surface area contributed by atoms with E-state index in [0.29, 0.717) is 11.8 Å². The summed E-state index contributed by atoms with van der Waals surface area (Å²) in [6.07, 6.45) is 51.5. The van der Waals surface area contributed by atoms with Crippen molar-refractivity contribution < 1.29 is 9.59 Å². The van der Waals surface area contributed by atoms with E-state index in [9.17, 15) is 9.59 Å². The summed E-state index contributed by atoms with van der Waals surface area (Å²) in [5, 5.41) is 0. The molecular formula is C49H94N2O2. The lowest BCUT2D eigenvalue weighted by atomic mass is 9.86. The summed E-state index contributed by atoms with van der Waals surface area (Å²) in [6, 6.07) is 0. The van der Waals surface area contributed by atoms with Crippen LogP contribution in [0, 0.1) is 11.8 Å². The van der Waals surface area contributed by atoms with Gasteiger partial charge in [0.2, 0.25) is 11.8 Å². The van der Waals surface area contributed by atoms with E-state index in [1.807, 2.05) is 0 Å².